The maximum absolute atomic E-state index is 13.1. The Kier molecular flexibility index (Phi) is 5.63. The fourth-order valence-electron chi connectivity index (χ4n) is 4.05. The molecule has 0 spiro atoms. The van der Waals surface area contributed by atoms with Crippen LogP contribution in [0.4, 0.5) is 4.39 Å². The minimum Gasteiger partial charge on any atom is -0.300 e. The van der Waals surface area contributed by atoms with Gasteiger partial charge in [0.05, 0.1) is 0 Å². The second kappa shape index (κ2) is 8.30. The summed E-state index contributed by atoms with van der Waals surface area (Å²) in [6.45, 7) is 9.08. The van der Waals surface area contributed by atoms with Crippen LogP contribution in [-0.4, -0.2) is 60.5 Å². The first-order chi connectivity index (χ1) is 12.8. The predicted octanol–water partition coefficient (Wildman–Crippen LogP) is 3.39. The molecule has 26 heavy (non-hydrogen) atoms. The number of halogens is 1. The highest BCUT2D eigenvalue weighted by Crippen LogP contribution is 2.32. The van der Waals surface area contributed by atoms with Gasteiger partial charge < -0.3 is 0 Å². The molecule has 0 N–H and O–H groups in total. The molecular formula is C22H28FN3. The Labute approximate surface area is 156 Å². The van der Waals surface area contributed by atoms with Gasteiger partial charge in [0.1, 0.15) is 5.82 Å². The van der Waals surface area contributed by atoms with Crippen LogP contribution in [0.1, 0.15) is 23.6 Å². The maximum Gasteiger partial charge on any atom is 0.123 e. The summed E-state index contributed by atoms with van der Waals surface area (Å²) in [5.41, 5.74) is 2.66. The molecule has 0 radical (unpaired) electrons. The van der Waals surface area contributed by atoms with E-state index >= 15 is 0 Å². The first-order valence-corrected chi connectivity index (χ1v) is 9.76. The van der Waals surface area contributed by atoms with Crippen LogP contribution in [0.5, 0.6) is 0 Å². The smallest absolute Gasteiger partial charge is 0.123 e. The number of hydrogen-bond acceptors (Lipinski definition) is 3. The van der Waals surface area contributed by atoms with Crippen LogP contribution in [-0.2, 0) is 6.54 Å². The van der Waals surface area contributed by atoms with Crippen molar-refractivity contribution in [1.29, 1.82) is 0 Å². The zero-order valence-electron chi connectivity index (χ0n) is 15.4. The van der Waals surface area contributed by atoms with Gasteiger partial charge in [-0.05, 0) is 29.7 Å². The van der Waals surface area contributed by atoms with Gasteiger partial charge in [0, 0.05) is 58.4 Å². The molecule has 2 fully saturated rings. The topological polar surface area (TPSA) is 9.72 Å². The van der Waals surface area contributed by atoms with Gasteiger partial charge in [-0.25, -0.2) is 4.39 Å². The van der Waals surface area contributed by atoms with Gasteiger partial charge in [-0.2, -0.15) is 0 Å². The van der Waals surface area contributed by atoms with Crippen molar-refractivity contribution in [1.82, 2.24) is 14.7 Å². The molecule has 2 aliphatic rings. The molecular weight excluding hydrogens is 325 g/mol. The van der Waals surface area contributed by atoms with Gasteiger partial charge in [0.15, 0.2) is 0 Å². The lowest BCUT2D eigenvalue weighted by Crippen LogP contribution is -2.50. The summed E-state index contributed by atoms with van der Waals surface area (Å²) in [6.07, 6.45) is 1.19. The van der Waals surface area contributed by atoms with E-state index in [0.29, 0.717) is 6.04 Å². The lowest BCUT2D eigenvalue weighted by molar-refractivity contribution is 0.0600. The SMILES string of the molecule is Fc1ccc([C@H]2CCN2CCN2CCN(Cc3ccccc3)CC2)cc1. The molecule has 1 atom stereocenters. The Morgan fingerprint density at radius 1 is 0.769 bits per heavy atom. The molecule has 0 aliphatic carbocycles. The van der Waals surface area contributed by atoms with E-state index < -0.39 is 0 Å². The van der Waals surface area contributed by atoms with Gasteiger partial charge >= 0.3 is 0 Å². The summed E-state index contributed by atoms with van der Waals surface area (Å²) >= 11 is 0. The fraction of sp³-hybridized carbons (Fsp3) is 0.455. The molecule has 2 aromatic rings. The van der Waals surface area contributed by atoms with E-state index in [1.807, 2.05) is 12.1 Å². The highest BCUT2D eigenvalue weighted by atomic mass is 19.1. The Bertz CT molecular complexity index is 680. The maximum atomic E-state index is 13.1. The predicted molar refractivity (Wildman–Crippen MR) is 103 cm³/mol. The number of hydrogen-bond donors (Lipinski definition) is 0. The molecule has 2 saturated heterocycles. The van der Waals surface area contributed by atoms with Crippen molar-refractivity contribution in [2.24, 2.45) is 0 Å². The Morgan fingerprint density at radius 3 is 2.12 bits per heavy atom. The van der Waals surface area contributed by atoms with Crippen LogP contribution in [0.2, 0.25) is 0 Å². The molecule has 4 rings (SSSR count). The van der Waals surface area contributed by atoms with Crippen molar-refractivity contribution >= 4 is 0 Å². The first-order valence-electron chi connectivity index (χ1n) is 9.76. The van der Waals surface area contributed by atoms with E-state index in [9.17, 15) is 4.39 Å². The molecule has 4 heteroatoms. The first kappa shape index (κ1) is 17.7. The van der Waals surface area contributed by atoms with Crippen LogP contribution in [0.15, 0.2) is 54.6 Å². The van der Waals surface area contributed by atoms with Crippen LogP contribution in [0.25, 0.3) is 0 Å². The minimum atomic E-state index is -0.145. The second-order valence-corrected chi connectivity index (χ2v) is 7.50. The van der Waals surface area contributed by atoms with Gasteiger partial charge in [0.25, 0.3) is 0 Å². The number of nitrogens with zero attached hydrogens (tertiary/aromatic N) is 3. The Hall–Kier alpha value is -1.75. The lowest BCUT2D eigenvalue weighted by Gasteiger charge is -2.43. The van der Waals surface area contributed by atoms with Crippen molar-refractivity contribution in [3.63, 3.8) is 0 Å². The number of benzene rings is 2. The van der Waals surface area contributed by atoms with Crippen LogP contribution >= 0.6 is 0 Å². The summed E-state index contributed by atoms with van der Waals surface area (Å²) in [6, 6.07) is 18.3. The van der Waals surface area contributed by atoms with Gasteiger partial charge in [-0.15, -0.1) is 0 Å². The highest BCUT2D eigenvalue weighted by Gasteiger charge is 2.29. The zero-order chi connectivity index (χ0) is 17.8. The standard InChI is InChI=1S/C22H28FN3/c23-21-8-6-20(7-9-21)22-10-11-26(22)17-16-24-12-14-25(15-13-24)18-19-4-2-1-3-5-19/h1-9,22H,10-18H2/t22-/m1/s1. The molecule has 0 bridgehead atoms. The van der Waals surface area contributed by atoms with E-state index in [4.69, 9.17) is 0 Å². The van der Waals surface area contributed by atoms with Crippen molar-refractivity contribution in [3.8, 4) is 0 Å². The van der Waals surface area contributed by atoms with Gasteiger partial charge in [0.2, 0.25) is 0 Å². The molecule has 2 heterocycles. The van der Waals surface area contributed by atoms with Crippen molar-refractivity contribution < 1.29 is 4.39 Å². The number of rotatable bonds is 6. The van der Waals surface area contributed by atoms with Crippen molar-refractivity contribution in [2.45, 2.75) is 19.0 Å². The van der Waals surface area contributed by atoms with Crippen molar-refractivity contribution in [2.75, 3.05) is 45.8 Å². The van der Waals surface area contributed by atoms with E-state index in [1.165, 1.54) is 17.5 Å². The molecule has 0 aromatic heterocycles. The average molecular weight is 353 g/mol. The monoisotopic (exact) mass is 353 g/mol. The molecule has 2 aliphatic heterocycles. The minimum absolute atomic E-state index is 0.145. The van der Waals surface area contributed by atoms with Gasteiger partial charge in [-0.3, -0.25) is 14.7 Å². The molecule has 0 unspecified atom stereocenters. The largest absolute Gasteiger partial charge is 0.300 e. The zero-order valence-corrected chi connectivity index (χ0v) is 15.4. The third-order valence-corrected chi connectivity index (χ3v) is 5.80. The lowest BCUT2D eigenvalue weighted by atomic mass is 9.95. The van der Waals surface area contributed by atoms with E-state index in [2.05, 4.69) is 45.0 Å². The molecule has 0 amide bonds. The fourth-order valence-corrected chi connectivity index (χ4v) is 4.05. The molecule has 3 nitrogen and oxygen atoms in total. The number of piperazine rings is 1. The van der Waals surface area contributed by atoms with Gasteiger partial charge in [-0.1, -0.05) is 42.5 Å². The van der Waals surface area contributed by atoms with Crippen molar-refractivity contribution in [3.05, 3.63) is 71.5 Å². The van der Waals surface area contributed by atoms with Crippen LogP contribution in [0.3, 0.4) is 0 Å². The normalized spacial score (nSPS) is 22.3. The van der Waals surface area contributed by atoms with Crippen LogP contribution in [0, 0.1) is 5.82 Å². The summed E-state index contributed by atoms with van der Waals surface area (Å²) in [5, 5.41) is 0. The summed E-state index contributed by atoms with van der Waals surface area (Å²) in [4.78, 5) is 7.67. The van der Waals surface area contributed by atoms with Crippen LogP contribution < -0.4 is 0 Å². The molecule has 0 saturated carbocycles. The Balaban J connectivity index is 1.20. The van der Waals surface area contributed by atoms with E-state index in [1.54, 1.807) is 12.1 Å². The summed E-state index contributed by atoms with van der Waals surface area (Å²) < 4.78 is 13.1. The summed E-state index contributed by atoms with van der Waals surface area (Å²) in [7, 11) is 0. The third kappa shape index (κ3) is 4.32. The average Bonchev–Trinajstić information content (AvgIpc) is 2.65. The molecule has 2 aromatic carbocycles. The Morgan fingerprint density at radius 2 is 1.46 bits per heavy atom. The van der Waals surface area contributed by atoms with E-state index in [-0.39, 0.29) is 5.82 Å². The van der Waals surface area contributed by atoms with E-state index in [0.717, 1.165) is 52.4 Å². The molecule has 138 valence electrons. The second-order valence-electron chi connectivity index (χ2n) is 7.50. The summed E-state index contributed by atoms with van der Waals surface area (Å²) in [5.74, 6) is -0.145. The third-order valence-electron chi connectivity index (χ3n) is 5.80. The quantitative estimate of drug-likeness (QED) is 0.788. The number of likely N-dealkylation sites (tertiary alicyclic amines) is 1. The highest BCUT2D eigenvalue weighted by molar-refractivity contribution is 5.22.